The van der Waals surface area contributed by atoms with Gasteiger partial charge in [0.1, 0.15) is 24.0 Å². The lowest BCUT2D eigenvalue weighted by Crippen LogP contribution is -2.02. The SMILES string of the molecule is COC(=O)c1ccc(COc2ccc(C=C(C#N)C(=O)c3ccccc3)cc2)cc1. The molecule has 0 fully saturated rings. The van der Waals surface area contributed by atoms with E-state index in [9.17, 15) is 14.9 Å². The van der Waals surface area contributed by atoms with Crippen molar-refractivity contribution >= 4 is 17.8 Å². The van der Waals surface area contributed by atoms with Gasteiger partial charge in [-0.3, -0.25) is 4.79 Å². The molecule has 30 heavy (non-hydrogen) atoms. The van der Waals surface area contributed by atoms with E-state index in [-0.39, 0.29) is 17.3 Å². The molecule has 0 bridgehead atoms. The predicted octanol–water partition coefficient (Wildman–Crippen LogP) is 4.84. The minimum atomic E-state index is -0.381. The first-order valence-corrected chi connectivity index (χ1v) is 9.22. The molecule has 0 atom stereocenters. The number of hydrogen-bond acceptors (Lipinski definition) is 5. The van der Waals surface area contributed by atoms with Crippen LogP contribution in [0.15, 0.2) is 84.4 Å². The van der Waals surface area contributed by atoms with Gasteiger partial charge in [-0.1, -0.05) is 54.6 Å². The van der Waals surface area contributed by atoms with Gasteiger partial charge in [0.25, 0.3) is 0 Å². The van der Waals surface area contributed by atoms with E-state index in [0.29, 0.717) is 23.5 Å². The van der Waals surface area contributed by atoms with Crippen molar-refractivity contribution in [2.45, 2.75) is 6.61 Å². The molecular weight excluding hydrogens is 378 g/mol. The van der Waals surface area contributed by atoms with Crippen molar-refractivity contribution in [2.24, 2.45) is 0 Å². The highest BCUT2D eigenvalue weighted by atomic mass is 16.5. The number of allylic oxidation sites excluding steroid dienone is 1. The van der Waals surface area contributed by atoms with Crippen molar-refractivity contribution < 1.29 is 19.1 Å². The summed E-state index contributed by atoms with van der Waals surface area (Å²) in [5.74, 6) is -0.0421. The normalized spacial score (nSPS) is 10.7. The summed E-state index contributed by atoms with van der Waals surface area (Å²) in [5, 5.41) is 9.36. The molecule has 0 aliphatic rings. The first kappa shape index (κ1) is 20.6. The number of benzene rings is 3. The van der Waals surface area contributed by atoms with Gasteiger partial charge in [0, 0.05) is 5.56 Å². The van der Waals surface area contributed by atoms with Gasteiger partial charge in [-0.25, -0.2) is 4.79 Å². The number of rotatable bonds is 7. The van der Waals surface area contributed by atoms with Crippen LogP contribution < -0.4 is 4.74 Å². The lowest BCUT2D eigenvalue weighted by molar-refractivity contribution is 0.0600. The average molecular weight is 397 g/mol. The van der Waals surface area contributed by atoms with Crippen molar-refractivity contribution in [1.82, 2.24) is 0 Å². The second-order valence-corrected chi connectivity index (χ2v) is 6.41. The third-order valence-electron chi connectivity index (χ3n) is 4.37. The van der Waals surface area contributed by atoms with Crippen LogP contribution in [0.1, 0.15) is 31.8 Å². The number of esters is 1. The summed E-state index contributed by atoms with van der Waals surface area (Å²) in [6.45, 7) is 0.340. The number of carbonyl (C=O) groups excluding carboxylic acids is 2. The highest BCUT2D eigenvalue weighted by Crippen LogP contribution is 2.18. The summed E-state index contributed by atoms with van der Waals surface area (Å²) in [5.41, 5.74) is 2.66. The van der Waals surface area contributed by atoms with E-state index < -0.39 is 0 Å². The molecule has 0 aliphatic heterocycles. The van der Waals surface area contributed by atoms with Gasteiger partial charge in [-0.2, -0.15) is 5.26 Å². The zero-order chi connectivity index (χ0) is 21.3. The van der Waals surface area contributed by atoms with E-state index in [4.69, 9.17) is 4.74 Å². The zero-order valence-electron chi connectivity index (χ0n) is 16.4. The average Bonchev–Trinajstić information content (AvgIpc) is 2.82. The van der Waals surface area contributed by atoms with Crippen LogP contribution in [0.5, 0.6) is 5.75 Å². The molecule has 3 rings (SSSR count). The van der Waals surface area contributed by atoms with Crippen LogP contribution in [0.4, 0.5) is 0 Å². The molecule has 148 valence electrons. The third-order valence-corrected chi connectivity index (χ3v) is 4.37. The largest absolute Gasteiger partial charge is 0.489 e. The summed E-state index contributed by atoms with van der Waals surface area (Å²) in [6, 6.07) is 24.8. The van der Waals surface area contributed by atoms with E-state index in [1.54, 1.807) is 78.9 Å². The molecular formula is C25H19NO4. The Labute approximate surface area is 174 Å². The molecule has 0 spiro atoms. The maximum Gasteiger partial charge on any atom is 0.337 e. The molecule has 5 nitrogen and oxygen atoms in total. The predicted molar refractivity (Wildman–Crippen MR) is 113 cm³/mol. The number of ether oxygens (including phenoxy) is 2. The van der Waals surface area contributed by atoms with Gasteiger partial charge in [0.15, 0.2) is 0 Å². The number of ketones is 1. The number of Topliss-reactive ketones (excluding diaryl/α,β-unsaturated/α-hetero) is 1. The Morgan fingerprint density at radius 2 is 1.57 bits per heavy atom. The highest BCUT2D eigenvalue weighted by Gasteiger charge is 2.11. The second kappa shape index (κ2) is 9.85. The van der Waals surface area contributed by atoms with Gasteiger partial charge in [0.2, 0.25) is 5.78 Å². The van der Waals surface area contributed by atoms with Gasteiger partial charge >= 0.3 is 5.97 Å². The van der Waals surface area contributed by atoms with Crippen LogP contribution >= 0.6 is 0 Å². The van der Waals surface area contributed by atoms with Crippen molar-refractivity contribution in [1.29, 1.82) is 5.26 Å². The lowest BCUT2D eigenvalue weighted by Gasteiger charge is -2.07. The number of hydrogen-bond donors (Lipinski definition) is 0. The molecule has 0 unspecified atom stereocenters. The molecule has 3 aromatic rings. The van der Waals surface area contributed by atoms with Gasteiger partial charge in [-0.05, 0) is 41.5 Å². The Balaban J connectivity index is 1.64. The van der Waals surface area contributed by atoms with Gasteiger partial charge < -0.3 is 9.47 Å². The summed E-state index contributed by atoms with van der Waals surface area (Å²) in [4.78, 5) is 23.9. The Hall–Kier alpha value is -4.17. The summed E-state index contributed by atoms with van der Waals surface area (Å²) < 4.78 is 10.4. The summed E-state index contributed by atoms with van der Waals surface area (Å²) >= 11 is 0. The molecule has 0 N–H and O–H groups in total. The Morgan fingerprint density at radius 3 is 2.17 bits per heavy atom. The quantitative estimate of drug-likeness (QED) is 0.247. The second-order valence-electron chi connectivity index (χ2n) is 6.41. The molecule has 0 aromatic heterocycles. The molecule has 5 heteroatoms. The smallest absolute Gasteiger partial charge is 0.337 e. The number of nitriles is 1. The number of carbonyl (C=O) groups is 2. The summed E-state index contributed by atoms with van der Waals surface area (Å²) in [7, 11) is 1.34. The summed E-state index contributed by atoms with van der Waals surface area (Å²) in [6.07, 6.45) is 1.56. The fourth-order valence-corrected chi connectivity index (χ4v) is 2.74. The number of nitrogens with zero attached hydrogens (tertiary/aromatic N) is 1. The monoisotopic (exact) mass is 397 g/mol. The zero-order valence-corrected chi connectivity index (χ0v) is 16.4. The molecule has 0 aliphatic carbocycles. The van der Waals surface area contributed by atoms with Crippen molar-refractivity contribution in [3.05, 3.63) is 107 Å². The van der Waals surface area contributed by atoms with Crippen molar-refractivity contribution in [2.75, 3.05) is 7.11 Å². The van der Waals surface area contributed by atoms with Crippen molar-refractivity contribution in [3.8, 4) is 11.8 Å². The maximum absolute atomic E-state index is 12.4. The minimum absolute atomic E-state index is 0.0700. The topological polar surface area (TPSA) is 76.4 Å². The van der Waals surface area contributed by atoms with Crippen LogP contribution in [0.25, 0.3) is 6.08 Å². The Morgan fingerprint density at radius 1 is 0.900 bits per heavy atom. The fraction of sp³-hybridized carbons (Fsp3) is 0.0800. The van der Waals surface area contributed by atoms with Crippen LogP contribution in [0.2, 0.25) is 0 Å². The van der Waals surface area contributed by atoms with E-state index in [1.165, 1.54) is 7.11 Å². The van der Waals surface area contributed by atoms with Crippen LogP contribution in [-0.2, 0) is 11.3 Å². The van der Waals surface area contributed by atoms with E-state index in [2.05, 4.69) is 4.74 Å². The molecule has 0 saturated carbocycles. The van der Waals surface area contributed by atoms with E-state index >= 15 is 0 Å². The van der Waals surface area contributed by atoms with Crippen LogP contribution in [0, 0.1) is 11.3 Å². The van der Waals surface area contributed by atoms with E-state index in [0.717, 1.165) is 11.1 Å². The van der Waals surface area contributed by atoms with E-state index in [1.807, 2.05) is 12.1 Å². The Kier molecular flexibility index (Phi) is 6.75. The molecule has 0 saturated heterocycles. The van der Waals surface area contributed by atoms with Gasteiger partial charge in [0.05, 0.1) is 12.7 Å². The first-order chi connectivity index (χ1) is 14.6. The lowest BCUT2D eigenvalue weighted by atomic mass is 10.0. The molecule has 3 aromatic carbocycles. The van der Waals surface area contributed by atoms with Crippen molar-refractivity contribution in [3.63, 3.8) is 0 Å². The van der Waals surface area contributed by atoms with Gasteiger partial charge in [-0.15, -0.1) is 0 Å². The molecule has 0 radical (unpaired) electrons. The maximum atomic E-state index is 12.4. The first-order valence-electron chi connectivity index (χ1n) is 9.22. The molecule has 0 heterocycles. The van der Waals surface area contributed by atoms with Crippen LogP contribution in [0.3, 0.4) is 0 Å². The number of methoxy groups -OCH3 is 1. The minimum Gasteiger partial charge on any atom is -0.489 e. The van der Waals surface area contributed by atoms with Crippen LogP contribution in [-0.4, -0.2) is 18.9 Å². The Bertz CT molecular complexity index is 1090. The molecule has 0 amide bonds. The fourth-order valence-electron chi connectivity index (χ4n) is 2.74. The highest BCUT2D eigenvalue weighted by molar-refractivity contribution is 6.14. The standard InChI is InChI=1S/C25H19NO4/c1-29-25(28)21-11-7-19(8-12-21)17-30-23-13-9-18(10-14-23)15-22(16-26)24(27)20-5-3-2-4-6-20/h2-15H,17H2,1H3. The third kappa shape index (κ3) is 5.21.